The number of ether oxygens (including phenoxy) is 1. The van der Waals surface area contributed by atoms with Crippen molar-refractivity contribution < 1.29 is 9.53 Å². The smallest absolute Gasteiger partial charge is 0.264 e. The highest BCUT2D eigenvalue weighted by atomic mass is 35.5. The Hall–Kier alpha value is -2.66. The van der Waals surface area contributed by atoms with E-state index in [1.807, 2.05) is 36.4 Å². The summed E-state index contributed by atoms with van der Waals surface area (Å²) in [5, 5.41) is 10.0. The van der Waals surface area contributed by atoms with Crippen LogP contribution in [0.1, 0.15) is 43.0 Å². The van der Waals surface area contributed by atoms with Gasteiger partial charge in [0.05, 0.1) is 5.69 Å². The summed E-state index contributed by atoms with van der Waals surface area (Å²) < 4.78 is 6.00. The Kier molecular flexibility index (Phi) is 4.94. The summed E-state index contributed by atoms with van der Waals surface area (Å²) in [7, 11) is 0. The predicted molar refractivity (Wildman–Crippen MR) is 107 cm³/mol. The van der Waals surface area contributed by atoms with Gasteiger partial charge in [-0.05, 0) is 23.9 Å². The van der Waals surface area contributed by atoms with Gasteiger partial charge in [0.15, 0.2) is 10.9 Å². The molecule has 1 aliphatic heterocycles. The summed E-state index contributed by atoms with van der Waals surface area (Å²) >= 11 is 5.99. The second-order valence-electron chi connectivity index (χ2n) is 6.64. The molecule has 0 saturated heterocycles. The van der Waals surface area contributed by atoms with Gasteiger partial charge in [0.1, 0.15) is 5.56 Å². The van der Waals surface area contributed by atoms with Gasteiger partial charge in [0.25, 0.3) is 11.8 Å². The number of fused-ring (bicyclic) bond motifs is 4. The van der Waals surface area contributed by atoms with E-state index < -0.39 is 0 Å². The van der Waals surface area contributed by atoms with Gasteiger partial charge in [-0.2, -0.15) is 0 Å². The summed E-state index contributed by atoms with van der Waals surface area (Å²) in [5.74, 6) is 0.637. The molecular formula is C21H20ClN3O2. The molecule has 2 heterocycles. The van der Waals surface area contributed by atoms with Crippen LogP contribution >= 0.6 is 11.6 Å². The number of carbonyl (C=O) groups excluding carboxylic acids is 1. The molecule has 0 atom stereocenters. The largest absolute Gasteiger partial charge is 0.435 e. The van der Waals surface area contributed by atoms with Crippen LogP contribution in [0.2, 0.25) is 5.15 Å². The number of nitrogens with zero attached hydrogens (tertiary/aromatic N) is 3. The first-order valence-electron chi connectivity index (χ1n) is 9.23. The predicted octanol–water partition coefficient (Wildman–Crippen LogP) is 5.62. The third-order valence-corrected chi connectivity index (χ3v) is 4.97. The number of unbranched alkanes of at least 4 members (excludes halogenated alkanes) is 3. The molecule has 138 valence electrons. The zero-order valence-electron chi connectivity index (χ0n) is 15.1. The summed E-state index contributed by atoms with van der Waals surface area (Å²) in [6, 6.07) is 13.4. The van der Waals surface area contributed by atoms with Crippen molar-refractivity contribution in [2.24, 2.45) is 0 Å². The standard InChI is InChI=1S/C21H20ClN3O2/c1-2-3-4-7-12-25-19-15-9-6-5-8-14(15)10-11-17(19)27-20-16(21(25)26)13-18(22)23-24-20/h5-6,8-11,13H,2-4,7,12H2,1H3. The first-order valence-corrected chi connectivity index (χ1v) is 9.61. The maximum absolute atomic E-state index is 13.4. The summed E-state index contributed by atoms with van der Waals surface area (Å²) in [6.45, 7) is 2.78. The zero-order chi connectivity index (χ0) is 18.8. The van der Waals surface area contributed by atoms with E-state index in [1.165, 1.54) is 6.07 Å². The molecule has 0 bridgehead atoms. The molecule has 0 radical (unpaired) electrons. The van der Waals surface area contributed by atoms with E-state index in [1.54, 1.807) is 4.90 Å². The Bertz CT molecular complexity index is 1010. The molecule has 0 saturated carbocycles. The molecule has 6 heteroatoms. The number of rotatable bonds is 5. The van der Waals surface area contributed by atoms with E-state index in [4.69, 9.17) is 16.3 Å². The van der Waals surface area contributed by atoms with E-state index in [0.717, 1.165) is 42.1 Å². The van der Waals surface area contributed by atoms with Gasteiger partial charge in [0, 0.05) is 11.9 Å². The highest BCUT2D eigenvalue weighted by molar-refractivity contribution is 6.30. The molecular weight excluding hydrogens is 362 g/mol. The average Bonchev–Trinajstić information content (AvgIpc) is 2.80. The lowest BCUT2D eigenvalue weighted by Gasteiger charge is -2.23. The summed E-state index contributed by atoms with van der Waals surface area (Å²) in [4.78, 5) is 15.2. The van der Waals surface area contributed by atoms with Gasteiger partial charge in [-0.3, -0.25) is 4.79 Å². The van der Waals surface area contributed by atoms with E-state index in [2.05, 4.69) is 17.1 Å². The molecule has 3 aromatic rings. The fraction of sp³-hybridized carbons (Fsp3) is 0.286. The maximum atomic E-state index is 13.4. The number of amides is 1. The SMILES string of the molecule is CCCCCCN1C(=O)c2cc(Cl)nnc2Oc2ccc3ccccc3c21. The van der Waals surface area contributed by atoms with Crippen LogP contribution in [0.3, 0.4) is 0 Å². The van der Waals surface area contributed by atoms with Crippen LogP contribution in [0.15, 0.2) is 42.5 Å². The molecule has 0 unspecified atom stereocenters. The molecule has 27 heavy (non-hydrogen) atoms. The topological polar surface area (TPSA) is 55.3 Å². The van der Waals surface area contributed by atoms with Crippen LogP contribution in [0.25, 0.3) is 10.8 Å². The number of halogens is 1. The Morgan fingerprint density at radius 3 is 2.78 bits per heavy atom. The van der Waals surface area contributed by atoms with Crippen LogP contribution < -0.4 is 9.64 Å². The first-order chi connectivity index (χ1) is 13.2. The van der Waals surface area contributed by atoms with Crippen molar-refractivity contribution in [1.82, 2.24) is 10.2 Å². The number of hydrogen-bond acceptors (Lipinski definition) is 4. The maximum Gasteiger partial charge on any atom is 0.264 e. The highest BCUT2D eigenvalue weighted by Gasteiger charge is 2.31. The number of benzene rings is 2. The number of anilines is 1. The number of hydrogen-bond donors (Lipinski definition) is 0. The fourth-order valence-electron chi connectivity index (χ4n) is 3.44. The van der Waals surface area contributed by atoms with Crippen LogP contribution in [0, 0.1) is 0 Å². The Morgan fingerprint density at radius 2 is 1.93 bits per heavy atom. The lowest BCUT2D eigenvalue weighted by atomic mass is 10.1. The van der Waals surface area contributed by atoms with Crippen molar-refractivity contribution in [1.29, 1.82) is 0 Å². The van der Waals surface area contributed by atoms with Crippen molar-refractivity contribution in [3.8, 4) is 11.6 Å². The highest BCUT2D eigenvalue weighted by Crippen LogP contribution is 2.42. The molecule has 1 amide bonds. The van der Waals surface area contributed by atoms with E-state index >= 15 is 0 Å². The minimum absolute atomic E-state index is 0.159. The summed E-state index contributed by atoms with van der Waals surface area (Å²) in [5.41, 5.74) is 1.12. The van der Waals surface area contributed by atoms with Crippen molar-refractivity contribution in [2.45, 2.75) is 32.6 Å². The fourth-order valence-corrected chi connectivity index (χ4v) is 3.59. The molecule has 2 aromatic carbocycles. The molecule has 0 fully saturated rings. The normalized spacial score (nSPS) is 13.1. The van der Waals surface area contributed by atoms with Gasteiger partial charge in [-0.25, -0.2) is 0 Å². The van der Waals surface area contributed by atoms with Gasteiger partial charge in [0.2, 0.25) is 0 Å². The van der Waals surface area contributed by atoms with Gasteiger partial charge in [-0.15, -0.1) is 10.2 Å². The van der Waals surface area contributed by atoms with Gasteiger partial charge < -0.3 is 9.64 Å². The van der Waals surface area contributed by atoms with Crippen molar-refractivity contribution in [3.05, 3.63) is 53.2 Å². The van der Waals surface area contributed by atoms with Crippen LogP contribution in [-0.2, 0) is 0 Å². The van der Waals surface area contributed by atoms with E-state index in [0.29, 0.717) is 17.9 Å². The van der Waals surface area contributed by atoms with Crippen LogP contribution in [-0.4, -0.2) is 22.6 Å². The lowest BCUT2D eigenvalue weighted by molar-refractivity contribution is 0.0986. The third kappa shape index (κ3) is 3.35. The summed E-state index contributed by atoms with van der Waals surface area (Å²) in [6.07, 6.45) is 4.28. The minimum Gasteiger partial charge on any atom is -0.435 e. The average molecular weight is 382 g/mol. The minimum atomic E-state index is -0.159. The van der Waals surface area contributed by atoms with E-state index in [9.17, 15) is 4.79 Å². The molecule has 5 nitrogen and oxygen atoms in total. The quantitative estimate of drug-likeness (QED) is 0.538. The molecule has 1 aromatic heterocycles. The van der Waals surface area contributed by atoms with Crippen molar-refractivity contribution >= 4 is 34.0 Å². The van der Waals surface area contributed by atoms with Crippen molar-refractivity contribution in [3.63, 3.8) is 0 Å². The van der Waals surface area contributed by atoms with Crippen molar-refractivity contribution in [2.75, 3.05) is 11.4 Å². The second-order valence-corrected chi connectivity index (χ2v) is 7.03. The third-order valence-electron chi connectivity index (χ3n) is 4.78. The first kappa shape index (κ1) is 17.7. The Balaban J connectivity index is 1.86. The molecule has 0 N–H and O–H groups in total. The lowest BCUT2D eigenvalue weighted by Crippen LogP contribution is -2.31. The number of aromatic nitrogens is 2. The Morgan fingerprint density at radius 1 is 1.07 bits per heavy atom. The molecule has 0 aliphatic carbocycles. The Labute approximate surface area is 162 Å². The van der Waals surface area contributed by atoms with Crippen LogP contribution in [0.5, 0.6) is 11.6 Å². The van der Waals surface area contributed by atoms with Gasteiger partial charge in [-0.1, -0.05) is 68.1 Å². The van der Waals surface area contributed by atoms with Crippen LogP contribution in [0.4, 0.5) is 5.69 Å². The zero-order valence-corrected chi connectivity index (χ0v) is 15.9. The monoisotopic (exact) mass is 381 g/mol. The molecule has 1 aliphatic rings. The molecule has 4 rings (SSSR count). The molecule has 0 spiro atoms. The second kappa shape index (κ2) is 7.53. The van der Waals surface area contributed by atoms with Gasteiger partial charge >= 0.3 is 0 Å². The number of carbonyl (C=O) groups is 1. The van der Waals surface area contributed by atoms with E-state index in [-0.39, 0.29) is 16.9 Å².